The van der Waals surface area contributed by atoms with Crippen LogP contribution in [0.4, 0.5) is 0 Å². The Bertz CT molecular complexity index is 729. The summed E-state index contributed by atoms with van der Waals surface area (Å²) in [6, 6.07) is 15.6. The molecule has 5 nitrogen and oxygen atoms in total. The van der Waals surface area contributed by atoms with Crippen molar-refractivity contribution in [2.45, 2.75) is 33.1 Å². The van der Waals surface area contributed by atoms with Crippen LogP contribution in [0.1, 0.15) is 38.8 Å². The largest absolute Gasteiger partial charge is 0.490 e. The molecule has 0 aliphatic rings. The number of ether oxygens (including phenoxy) is 2. The lowest BCUT2D eigenvalue weighted by molar-refractivity contribution is -0.118. The van der Waals surface area contributed by atoms with Crippen molar-refractivity contribution in [2.75, 3.05) is 13.2 Å². The predicted octanol–water partition coefficient (Wildman–Crippen LogP) is 3.91. The number of benzene rings is 2. The van der Waals surface area contributed by atoms with E-state index in [1.54, 1.807) is 6.21 Å². The highest BCUT2D eigenvalue weighted by Crippen LogP contribution is 2.24. The molecule has 138 valence electrons. The number of hydrazone groups is 1. The fourth-order valence-electron chi connectivity index (χ4n) is 2.22. The van der Waals surface area contributed by atoms with Crippen molar-refractivity contribution >= 4 is 12.1 Å². The molecule has 2 aromatic rings. The van der Waals surface area contributed by atoms with Gasteiger partial charge in [-0.3, -0.25) is 4.79 Å². The third kappa shape index (κ3) is 6.59. The zero-order valence-corrected chi connectivity index (χ0v) is 15.8. The van der Waals surface area contributed by atoms with Crippen molar-refractivity contribution < 1.29 is 14.3 Å². The molecule has 0 bridgehead atoms. The summed E-state index contributed by atoms with van der Waals surface area (Å²) in [6.07, 6.45) is 1.58. The fraction of sp³-hybridized carbons (Fsp3) is 0.333. The van der Waals surface area contributed by atoms with Crippen LogP contribution >= 0.6 is 0 Å². The molecule has 0 heterocycles. The normalized spacial score (nSPS) is 11.4. The third-order valence-electron chi connectivity index (χ3n) is 3.66. The SMILES string of the molecule is CC(=O)N/N=C/c1ccc(OCCOc2ccc(C(C)(C)C)cc2)cc1. The quantitative estimate of drug-likeness (QED) is 0.466. The number of nitrogens with zero attached hydrogens (tertiary/aromatic N) is 1. The number of carbonyl (C=O) groups is 1. The molecule has 0 radical (unpaired) electrons. The highest BCUT2D eigenvalue weighted by Gasteiger charge is 2.12. The van der Waals surface area contributed by atoms with Crippen molar-refractivity contribution in [2.24, 2.45) is 5.10 Å². The summed E-state index contributed by atoms with van der Waals surface area (Å²) < 4.78 is 11.4. The average molecular weight is 354 g/mol. The van der Waals surface area contributed by atoms with E-state index in [1.807, 2.05) is 36.4 Å². The second kappa shape index (κ2) is 9.04. The lowest BCUT2D eigenvalue weighted by Gasteiger charge is -2.19. The maximum Gasteiger partial charge on any atom is 0.236 e. The van der Waals surface area contributed by atoms with Gasteiger partial charge in [0.05, 0.1) is 6.21 Å². The number of carbonyl (C=O) groups excluding carboxylic acids is 1. The summed E-state index contributed by atoms with van der Waals surface area (Å²) in [6.45, 7) is 8.91. The second-order valence-corrected chi connectivity index (χ2v) is 6.97. The Morgan fingerprint density at radius 1 is 0.962 bits per heavy atom. The molecule has 2 rings (SSSR count). The number of nitrogens with one attached hydrogen (secondary N) is 1. The number of hydrogen-bond donors (Lipinski definition) is 1. The van der Waals surface area contributed by atoms with Crippen LogP contribution in [-0.2, 0) is 10.2 Å². The molecule has 1 amide bonds. The Balaban J connectivity index is 1.74. The van der Waals surface area contributed by atoms with E-state index in [1.165, 1.54) is 12.5 Å². The first-order valence-electron chi connectivity index (χ1n) is 8.60. The molecule has 5 heteroatoms. The van der Waals surface area contributed by atoms with Gasteiger partial charge < -0.3 is 9.47 Å². The minimum absolute atomic E-state index is 0.140. The van der Waals surface area contributed by atoms with Gasteiger partial charge in [-0.2, -0.15) is 5.10 Å². The van der Waals surface area contributed by atoms with Crippen LogP contribution in [0.3, 0.4) is 0 Å². The first-order valence-corrected chi connectivity index (χ1v) is 8.60. The van der Waals surface area contributed by atoms with Gasteiger partial charge >= 0.3 is 0 Å². The Labute approximate surface area is 155 Å². The molecular weight excluding hydrogens is 328 g/mol. The van der Waals surface area contributed by atoms with Gasteiger partial charge in [-0.1, -0.05) is 32.9 Å². The number of amides is 1. The Morgan fingerprint density at radius 2 is 1.46 bits per heavy atom. The van der Waals surface area contributed by atoms with E-state index in [9.17, 15) is 4.79 Å². The van der Waals surface area contributed by atoms with Crippen LogP contribution in [-0.4, -0.2) is 25.3 Å². The average Bonchev–Trinajstić information content (AvgIpc) is 2.59. The summed E-state index contributed by atoms with van der Waals surface area (Å²) >= 11 is 0. The molecule has 0 saturated heterocycles. The first kappa shape index (κ1) is 19.5. The van der Waals surface area contributed by atoms with Gasteiger partial charge in [-0.15, -0.1) is 0 Å². The lowest BCUT2D eigenvalue weighted by Crippen LogP contribution is -2.12. The van der Waals surface area contributed by atoms with Gasteiger partial charge in [0.2, 0.25) is 5.91 Å². The molecule has 0 atom stereocenters. The molecule has 1 N–H and O–H groups in total. The summed E-state index contributed by atoms with van der Waals surface area (Å²) in [5.41, 5.74) is 4.66. The van der Waals surface area contributed by atoms with Gasteiger partial charge in [0.15, 0.2) is 0 Å². The van der Waals surface area contributed by atoms with E-state index < -0.39 is 0 Å². The summed E-state index contributed by atoms with van der Waals surface area (Å²) in [7, 11) is 0. The molecule has 0 aliphatic heterocycles. The van der Waals surface area contributed by atoms with E-state index in [0.717, 1.165) is 17.1 Å². The predicted molar refractivity (Wildman–Crippen MR) is 104 cm³/mol. The minimum Gasteiger partial charge on any atom is -0.490 e. The van der Waals surface area contributed by atoms with Gasteiger partial charge in [0, 0.05) is 6.92 Å². The maximum atomic E-state index is 10.7. The minimum atomic E-state index is -0.200. The Kier molecular flexibility index (Phi) is 6.78. The van der Waals surface area contributed by atoms with Crippen LogP contribution in [0.25, 0.3) is 0 Å². The molecule has 26 heavy (non-hydrogen) atoms. The molecule has 0 saturated carbocycles. The smallest absolute Gasteiger partial charge is 0.236 e. The molecule has 0 unspecified atom stereocenters. The molecule has 2 aromatic carbocycles. The fourth-order valence-corrected chi connectivity index (χ4v) is 2.22. The topological polar surface area (TPSA) is 59.9 Å². The summed E-state index contributed by atoms with van der Waals surface area (Å²) in [4.78, 5) is 10.7. The van der Waals surface area contributed by atoms with E-state index in [4.69, 9.17) is 9.47 Å². The summed E-state index contributed by atoms with van der Waals surface area (Å²) in [5.74, 6) is 1.40. The highest BCUT2D eigenvalue weighted by atomic mass is 16.5. The van der Waals surface area contributed by atoms with Crippen molar-refractivity contribution in [1.29, 1.82) is 0 Å². The molecule has 0 aromatic heterocycles. The van der Waals surface area contributed by atoms with Crippen LogP contribution in [0.2, 0.25) is 0 Å². The number of hydrogen-bond acceptors (Lipinski definition) is 4. The second-order valence-electron chi connectivity index (χ2n) is 6.97. The maximum absolute atomic E-state index is 10.7. The highest BCUT2D eigenvalue weighted by molar-refractivity contribution is 5.81. The first-order chi connectivity index (χ1) is 12.3. The van der Waals surface area contributed by atoms with Crippen molar-refractivity contribution in [3.8, 4) is 11.5 Å². The van der Waals surface area contributed by atoms with Crippen LogP contribution in [0.5, 0.6) is 11.5 Å². The monoisotopic (exact) mass is 354 g/mol. The van der Waals surface area contributed by atoms with Crippen LogP contribution in [0, 0.1) is 0 Å². The van der Waals surface area contributed by atoms with Crippen molar-refractivity contribution in [3.05, 3.63) is 59.7 Å². The Hall–Kier alpha value is -2.82. The third-order valence-corrected chi connectivity index (χ3v) is 3.66. The van der Waals surface area contributed by atoms with Crippen molar-refractivity contribution in [3.63, 3.8) is 0 Å². The lowest BCUT2D eigenvalue weighted by atomic mass is 9.87. The van der Waals surface area contributed by atoms with Crippen LogP contribution < -0.4 is 14.9 Å². The van der Waals surface area contributed by atoms with Gasteiger partial charge in [-0.05, 0) is 52.9 Å². The van der Waals surface area contributed by atoms with E-state index in [0.29, 0.717) is 13.2 Å². The van der Waals surface area contributed by atoms with E-state index >= 15 is 0 Å². The molecule has 0 aliphatic carbocycles. The van der Waals surface area contributed by atoms with E-state index in [-0.39, 0.29) is 11.3 Å². The number of rotatable bonds is 7. The van der Waals surface area contributed by atoms with Gasteiger partial charge in [0.1, 0.15) is 24.7 Å². The molecule has 0 fully saturated rings. The Morgan fingerprint density at radius 3 is 1.92 bits per heavy atom. The van der Waals surface area contributed by atoms with Gasteiger partial charge in [0.25, 0.3) is 0 Å². The summed E-state index contributed by atoms with van der Waals surface area (Å²) in [5, 5.41) is 3.82. The van der Waals surface area contributed by atoms with Crippen molar-refractivity contribution in [1.82, 2.24) is 5.43 Å². The molecule has 0 spiro atoms. The zero-order valence-electron chi connectivity index (χ0n) is 15.8. The standard InChI is InChI=1S/C21H26N2O3/c1-16(24)23-22-15-17-5-9-19(10-6-17)25-13-14-26-20-11-7-18(8-12-20)21(2,3)4/h5-12,15H,13-14H2,1-4H3,(H,23,24)/b22-15+. The molecular formula is C21H26N2O3. The van der Waals surface area contributed by atoms with Gasteiger partial charge in [-0.25, -0.2) is 5.43 Å². The van der Waals surface area contributed by atoms with Crippen LogP contribution in [0.15, 0.2) is 53.6 Å². The zero-order chi connectivity index (χ0) is 19.0. The van der Waals surface area contributed by atoms with E-state index in [2.05, 4.69) is 43.4 Å².